The van der Waals surface area contributed by atoms with Crippen molar-refractivity contribution in [1.29, 1.82) is 0 Å². The first-order valence-corrected chi connectivity index (χ1v) is 6.05. The van der Waals surface area contributed by atoms with Crippen LogP contribution in [0.4, 0.5) is 0 Å². The van der Waals surface area contributed by atoms with Crippen molar-refractivity contribution in [2.75, 3.05) is 0 Å². The summed E-state index contributed by atoms with van der Waals surface area (Å²) in [6, 6.07) is 5.79. The molecule has 2 rings (SSSR count). The van der Waals surface area contributed by atoms with Crippen LogP contribution in [0.25, 0.3) is 0 Å². The summed E-state index contributed by atoms with van der Waals surface area (Å²) in [7, 11) is 0. The molecule has 1 nitrogen and oxygen atoms in total. The van der Waals surface area contributed by atoms with E-state index in [0.717, 1.165) is 4.47 Å². The van der Waals surface area contributed by atoms with E-state index in [1.54, 1.807) is 6.07 Å². The molecule has 0 saturated heterocycles. The maximum atomic E-state index is 9.58. The molecule has 0 bridgehead atoms. The maximum Gasteiger partial charge on any atom is 0.130 e. The minimum absolute atomic E-state index is 0.369. The lowest BCUT2D eigenvalue weighted by Gasteiger charge is -2.23. The van der Waals surface area contributed by atoms with E-state index >= 15 is 0 Å². The van der Waals surface area contributed by atoms with Gasteiger partial charge in [-0.2, -0.15) is 0 Å². The van der Waals surface area contributed by atoms with Gasteiger partial charge in [-0.1, -0.05) is 31.4 Å². The summed E-state index contributed by atoms with van der Waals surface area (Å²) >= 11 is 3.47. The molecule has 1 aliphatic carbocycles. The van der Waals surface area contributed by atoms with E-state index in [1.165, 1.54) is 37.7 Å². The van der Waals surface area contributed by atoms with Crippen molar-refractivity contribution in [3.8, 4) is 5.75 Å². The molecule has 1 saturated carbocycles. The fourth-order valence-electron chi connectivity index (χ4n) is 2.27. The number of hydrogen-bond acceptors (Lipinski definition) is 1. The minimum Gasteiger partial charge on any atom is -0.507 e. The molecule has 14 heavy (non-hydrogen) atoms. The SMILES string of the molecule is Oc1cccc(C2CCCCC2)c1Br. The van der Waals surface area contributed by atoms with E-state index in [-0.39, 0.29) is 0 Å². The second-order valence-electron chi connectivity index (χ2n) is 4.02. The average molecular weight is 255 g/mol. The summed E-state index contributed by atoms with van der Waals surface area (Å²) < 4.78 is 0.895. The quantitative estimate of drug-likeness (QED) is 0.797. The highest BCUT2D eigenvalue weighted by molar-refractivity contribution is 9.10. The molecule has 0 atom stereocenters. The highest BCUT2D eigenvalue weighted by Crippen LogP contribution is 2.39. The van der Waals surface area contributed by atoms with Gasteiger partial charge in [-0.15, -0.1) is 0 Å². The van der Waals surface area contributed by atoms with Crippen LogP contribution in [-0.2, 0) is 0 Å². The molecular formula is C12H15BrO. The van der Waals surface area contributed by atoms with Crippen LogP contribution in [0.5, 0.6) is 5.75 Å². The third-order valence-electron chi connectivity index (χ3n) is 3.05. The maximum absolute atomic E-state index is 9.58. The summed E-state index contributed by atoms with van der Waals surface area (Å²) in [6.07, 6.45) is 6.55. The van der Waals surface area contributed by atoms with Crippen LogP contribution >= 0.6 is 15.9 Å². The van der Waals surface area contributed by atoms with Crippen LogP contribution in [0.15, 0.2) is 22.7 Å². The molecule has 76 valence electrons. The van der Waals surface area contributed by atoms with Gasteiger partial charge in [0.15, 0.2) is 0 Å². The van der Waals surface area contributed by atoms with Crippen molar-refractivity contribution in [3.05, 3.63) is 28.2 Å². The van der Waals surface area contributed by atoms with E-state index in [0.29, 0.717) is 11.7 Å². The largest absolute Gasteiger partial charge is 0.507 e. The molecule has 0 unspecified atom stereocenters. The van der Waals surface area contributed by atoms with E-state index in [1.807, 2.05) is 6.07 Å². The highest BCUT2D eigenvalue weighted by atomic mass is 79.9. The molecule has 1 aromatic carbocycles. The lowest BCUT2D eigenvalue weighted by molar-refractivity contribution is 0.435. The van der Waals surface area contributed by atoms with Crippen molar-refractivity contribution in [2.45, 2.75) is 38.0 Å². The van der Waals surface area contributed by atoms with Crippen molar-refractivity contribution in [2.24, 2.45) is 0 Å². The monoisotopic (exact) mass is 254 g/mol. The molecule has 0 aliphatic heterocycles. The third kappa shape index (κ3) is 1.95. The van der Waals surface area contributed by atoms with E-state index in [2.05, 4.69) is 22.0 Å². The van der Waals surface area contributed by atoms with Gasteiger partial charge in [0.1, 0.15) is 5.75 Å². The Bertz CT molecular complexity index is 316. The molecule has 0 heterocycles. The van der Waals surface area contributed by atoms with Gasteiger partial charge in [0.25, 0.3) is 0 Å². The Hall–Kier alpha value is -0.500. The van der Waals surface area contributed by atoms with Crippen LogP contribution in [-0.4, -0.2) is 5.11 Å². The molecule has 2 heteroatoms. The van der Waals surface area contributed by atoms with Crippen molar-refractivity contribution in [3.63, 3.8) is 0 Å². The standard InChI is InChI=1S/C12H15BrO/c13-12-10(7-4-8-11(12)14)9-5-2-1-3-6-9/h4,7-9,14H,1-3,5-6H2. The predicted octanol–water partition coefficient (Wildman–Crippen LogP) is 4.20. The van der Waals surface area contributed by atoms with Crippen LogP contribution in [0.2, 0.25) is 0 Å². The molecule has 1 fully saturated rings. The second kappa shape index (κ2) is 4.35. The second-order valence-corrected chi connectivity index (χ2v) is 4.81. The highest BCUT2D eigenvalue weighted by Gasteiger charge is 2.18. The Labute approximate surface area is 93.3 Å². The lowest BCUT2D eigenvalue weighted by Crippen LogP contribution is -2.04. The summed E-state index contributed by atoms with van der Waals surface area (Å²) in [5.74, 6) is 1.01. The van der Waals surface area contributed by atoms with E-state index < -0.39 is 0 Å². The van der Waals surface area contributed by atoms with Crippen LogP contribution < -0.4 is 0 Å². The number of phenolic OH excluding ortho intramolecular Hbond substituents is 1. The van der Waals surface area contributed by atoms with Gasteiger partial charge < -0.3 is 5.11 Å². The van der Waals surface area contributed by atoms with Gasteiger partial charge in [-0.3, -0.25) is 0 Å². The Morgan fingerprint density at radius 3 is 2.57 bits per heavy atom. The zero-order chi connectivity index (χ0) is 9.97. The third-order valence-corrected chi connectivity index (χ3v) is 3.92. The van der Waals surface area contributed by atoms with Crippen LogP contribution in [0, 0.1) is 0 Å². The fraction of sp³-hybridized carbons (Fsp3) is 0.500. The minimum atomic E-state index is 0.369. The normalized spacial score (nSPS) is 18.4. The Morgan fingerprint density at radius 2 is 1.86 bits per heavy atom. The number of benzene rings is 1. The number of aromatic hydroxyl groups is 1. The molecule has 0 spiro atoms. The van der Waals surface area contributed by atoms with Crippen LogP contribution in [0.3, 0.4) is 0 Å². The first-order valence-electron chi connectivity index (χ1n) is 5.26. The first kappa shape index (κ1) is 10.0. The zero-order valence-electron chi connectivity index (χ0n) is 8.17. The zero-order valence-corrected chi connectivity index (χ0v) is 9.76. The Kier molecular flexibility index (Phi) is 3.12. The fourth-order valence-corrected chi connectivity index (χ4v) is 2.85. The van der Waals surface area contributed by atoms with Crippen molar-refractivity contribution >= 4 is 15.9 Å². The van der Waals surface area contributed by atoms with Crippen molar-refractivity contribution in [1.82, 2.24) is 0 Å². The van der Waals surface area contributed by atoms with Gasteiger partial charge in [-0.25, -0.2) is 0 Å². The van der Waals surface area contributed by atoms with Crippen molar-refractivity contribution < 1.29 is 5.11 Å². The molecular weight excluding hydrogens is 240 g/mol. The first-order chi connectivity index (χ1) is 6.79. The van der Waals surface area contributed by atoms with Gasteiger partial charge >= 0.3 is 0 Å². The molecule has 1 N–H and O–H groups in total. The molecule has 0 aromatic heterocycles. The number of rotatable bonds is 1. The molecule has 0 radical (unpaired) electrons. The van der Waals surface area contributed by atoms with Gasteiger partial charge in [0, 0.05) is 0 Å². The topological polar surface area (TPSA) is 20.2 Å². The number of phenols is 1. The summed E-state index contributed by atoms with van der Waals surface area (Å²) in [4.78, 5) is 0. The summed E-state index contributed by atoms with van der Waals surface area (Å²) in [5.41, 5.74) is 1.28. The van der Waals surface area contributed by atoms with Gasteiger partial charge in [0.2, 0.25) is 0 Å². The van der Waals surface area contributed by atoms with Crippen LogP contribution in [0.1, 0.15) is 43.6 Å². The Balaban J connectivity index is 2.26. The average Bonchev–Trinajstić information content (AvgIpc) is 2.23. The molecule has 1 aromatic rings. The summed E-state index contributed by atoms with van der Waals surface area (Å²) in [6.45, 7) is 0. The molecule has 0 amide bonds. The predicted molar refractivity (Wildman–Crippen MR) is 61.6 cm³/mol. The Morgan fingerprint density at radius 1 is 1.14 bits per heavy atom. The lowest BCUT2D eigenvalue weighted by atomic mass is 9.84. The molecule has 1 aliphatic rings. The van der Waals surface area contributed by atoms with E-state index in [4.69, 9.17) is 0 Å². The number of halogens is 1. The van der Waals surface area contributed by atoms with Gasteiger partial charge in [-0.05, 0) is 46.3 Å². The smallest absolute Gasteiger partial charge is 0.130 e. The van der Waals surface area contributed by atoms with E-state index in [9.17, 15) is 5.11 Å². The van der Waals surface area contributed by atoms with Gasteiger partial charge in [0.05, 0.1) is 4.47 Å². The summed E-state index contributed by atoms with van der Waals surface area (Å²) in [5, 5.41) is 9.58. The number of hydrogen-bond donors (Lipinski definition) is 1.